The number of aromatic amines is 1. The van der Waals surface area contributed by atoms with Gasteiger partial charge in [-0.1, -0.05) is 0 Å². The maximum atomic E-state index is 12.9. The van der Waals surface area contributed by atoms with E-state index < -0.39 is 5.97 Å². The predicted molar refractivity (Wildman–Crippen MR) is 92.0 cm³/mol. The number of carboxylic acids is 1. The van der Waals surface area contributed by atoms with Crippen molar-refractivity contribution < 1.29 is 24.2 Å². The number of amides is 1. The molecule has 0 aliphatic carbocycles. The van der Waals surface area contributed by atoms with E-state index in [2.05, 4.69) is 4.98 Å². The minimum absolute atomic E-state index is 0.122. The van der Waals surface area contributed by atoms with Crippen molar-refractivity contribution in [3.05, 3.63) is 30.0 Å². The van der Waals surface area contributed by atoms with Crippen LogP contribution in [-0.2, 0) is 9.53 Å². The van der Waals surface area contributed by atoms with Gasteiger partial charge in [-0.3, -0.25) is 9.59 Å². The molecule has 1 aromatic heterocycles. The molecule has 0 unspecified atom stereocenters. The van der Waals surface area contributed by atoms with Gasteiger partial charge in [-0.25, -0.2) is 0 Å². The Labute approximate surface area is 145 Å². The lowest BCUT2D eigenvalue weighted by Gasteiger charge is -2.32. The summed E-state index contributed by atoms with van der Waals surface area (Å²) in [6.45, 7) is 3.24. The average molecular weight is 346 g/mol. The van der Waals surface area contributed by atoms with E-state index in [9.17, 15) is 14.7 Å². The molecule has 1 aliphatic heterocycles. The van der Waals surface area contributed by atoms with E-state index in [0.717, 1.165) is 16.7 Å². The molecule has 3 rings (SSSR count). The van der Waals surface area contributed by atoms with Crippen molar-refractivity contribution in [1.82, 2.24) is 9.88 Å². The van der Waals surface area contributed by atoms with E-state index in [1.165, 1.54) is 4.90 Å². The first-order valence-electron chi connectivity index (χ1n) is 8.44. The summed E-state index contributed by atoms with van der Waals surface area (Å²) in [6, 6.07) is 7.20. The van der Waals surface area contributed by atoms with Crippen molar-refractivity contribution in [2.45, 2.75) is 25.8 Å². The minimum atomic E-state index is -1.02. The fourth-order valence-electron chi connectivity index (χ4n) is 3.14. The van der Waals surface area contributed by atoms with Crippen LogP contribution < -0.4 is 4.74 Å². The van der Waals surface area contributed by atoms with E-state index in [1.807, 2.05) is 25.1 Å². The van der Waals surface area contributed by atoms with Crippen LogP contribution in [0.25, 0.3) is 10.9 Å². The highest BCUT2D eigenvalue weighted by Gasteiger charge is 2.29. The summed E-state index contributed by atoms with van der Waals surface area (Å²) in [5.74, 6) is -0.597. The first-order valence-corrected chi connectivity index (χ1v) is 8.44. The van der Waals surface area contributed by atoms with Crippen molar-refractivity contribution in [2.24, 2.45) is 0 Å². The van der Waals surface area contributed by atoms with Gasteiger partial charge < -0.3 is 24.5 Å². The average Bonchev–Trinajstić information content (AvgIpc) is 3.03. The van der Waals surface area contributed by atoms with E-state index in [4.69, 9.17) is 9.47 Å². The SMILES string of the molecule is CCOc1ccc2cc(C(=O)N(CC(=O)O)C3CCOCC3)[nH]c2c1. The number of carbonyl (C=O) groups excluding carboxylic acids is 1. The Balaban J connectivity index is 1.87. The molecule has 7 nitrogen and oxygen atoms in total. The standard InChI is InChI=1S/C18H22N2O5/c1-2-25-14-4-3-12-9-16(19-15(12)10-14)18(23)20(11-17(21)22)13-5-7-24-8-6-13/h3-4,9-10,13,19H,2,5-8,11H2,1H3,(H,21,22). The molecular formula is C18H22N2O5. The normalized spacial score (nSPS) is 15.2. The van der Waals surface area contributed by atoms with E-state index in [-0.39, 0.29) is 18.5 Å². The largest absolute Gasteiger partial charge is 0.494 e. The molecule has 2 N–H and O–H groups in total. The molecule has 0 atom stereocenters. The lowest BCUT2D eigenvalue weighted by atomic mass is 10.1. The second kappa shape index (κ2) is 7.57. The first kappa shape index (κ1) is 17.3. The Morgan fingerprint density at radius 3 is 2.76 bits per heavy atom. The van der Waals surface area contributed by atoms with Gasteiger partial charge >= 0.3 is 5.97 Å². The molecule has 1 fully saturated rings. The number of fused-ring (bicyclic) bond motifs is 1. The Morgan fingerprint density at radius 1 is 1.32 bits per heavy atom. The van der Waals surface area contributed by atoms with Crippen molar-refractivity contribution in [3.63, 3.8) is 0 Å². The van der Waals surface area contributed by atoms with Gasteiger partial charge in [0.05, 0.1) is 6.61 Å². The summed E-state index contributed by atoms with van der Waals surface area (Å²) in [4.78, 5) is 28.7. The Bertz CT molecular complexity index is 764. The number of rotatable bonds is 6. The third-order valence-corrected chi connectivity index (χ3v) is 4.33. The van der Waals surface area contributed by atoms with Crippen LogP contribution in [0.1, 0.15) is 30.3 Å². The van der Waals surface area contributed by atoms with Crippen LogP contribution in [0.2, 0.25) is 0 Å². The van der Waals surface area contributed by atoms with Crippen molar-refractivity contribution in [1.29, 1.82) is 0 Å². The fraction of sp³-hybridized carbons (Fsp3) is 0.444. The van der Waals surface area contributed by atoms with Crippen LogP contribution in [0.5, 0.6) is 5.75 Å². The van der Waals surface area contributed by atoms with Gasteiger partial charge in [0.1, 0.15) is 18.0 Å². The second-order valence-corrected chi connectivity index (χ2v) is 6.04. The topological polar surface area (TPSA) is 91.9 Å². The summed E-state index contributed by atoms with van der Waals surface area (Å²) in [6.07, 6.45) is 1.29. The molecule has 1 aliphatic rings. The molecule has 0 radical (unpaired) electrons. The number of H-pyrrole nitrogens is 1. The summed E-state index contributed by atoms with van der Waals surface area (Å²) >= 11 is 0. The van der Waals surface area contributed by atoms with Crippen LogP contribution in [-0.4, -0.2) is 59.3 Å². The Hall–Kier alpha value is -2.54. The summed E-state index contributed by atoms with van der Waals surface area (Å²) < 4.78 is 10.8. The molecule has 25 heavy (non-hydrogen) atoms. The van der Waals surface area contributed by atoms with Gasteiger partial charge in [-0.15, -0.1) is 0 Å². The number of nitrogens with one attached hydrogen (secondary N) is 1. The maximum absolute atomic E-state index is 12.9. The highest BCUT2D eigenvalue weighted by molar-refractivity contribution is 5.99. The predicted octanol–water partition coefficient (Wildman–Crippen LogP) is 2.27. The van der Waals surface area contributed by atoms with Crippen LogP contribution >= 0.6 is 0 Å². The molecule has 1 saturated heterocycles. The number of aliphatic carboxylic acids is 1. The van der Waals surface area contributed by atoms with Crippen LogP contribution in [0.3, 0.4) is 0 Å². The van der Waals surface area contributed by atoms with E-state index >= 15 is 0 Å². The smallest absolute Gasteiger partial charge is 0.323 e. The zero-order valence-electron chi connectivity index (χ0n) is 14.2. The van der Waals surface area contributed by atoms with Gasteiger partial charge in [-0.05, 0) is 38.0 Å². The molecule has 1 aromatic carbocycles. The number of hydrogen-bond donors (Lipinski definition) is 2. The van der Waals surface area contributed by atoms with E-state index in [1.54, 1.807) is 6.07 Å². The molecule has 0 bridgehead atoms. The molecule has 134 valence electrons. The molecule has 7 heteroatoms. The monoisotopic (exact) mass is 346 g/mol. The minimum Gasteiger partial charge on any atom is -0.494 e. The summed E-state index contributed by atoms with van der Waals surface area (Å²) in [5, 5.41) is 10.1. The number of ether oxygens (including phenoxy) is 2. The van der Waals surface area contributed by atoms with Gasteiger partial charge in [-0.2, -0.15) is 0 Å². The quantitative estimate of drug-likeness (QED) is 0.837. The highest BCUT2D eigenvalue weighted by atomic mass is 16.5. The molecule has 0 spiro atoms. The third-order valence-electron chi connectivity index (χ3n) is 4.33. The Kier molecular flexibility index (Phi) is 5.23. The lowest BCUT2D eigenvalue weighted by molar-refractivity contribution is -0.138. The summed E-state index contributed by atoms with van der Waals surface area (Å²) in [7, 11) is 0. The number of carboxylic acid groups (broad SMARTS) is 1. The highest BCUT2D eigenvalue weighted by Crippen LogP contribution is 2.24. The zero-order chi connectivity index (χ0) is 17.8. The van der Waals surface area contributed by atoms with Gasteiger partial charge in [0.15, 0.2) is 0 Å². The number of hydrogen-bond acceptors (Lipinski definition) is 4. The molecule has 2 heterocycles. The van der Waals surface area contributed by atoms with Crippen molar-refractivity contribution in [2.75, 3.05) is 26.4 Å². The molecule has 0 saturated carbocycles. The zero-order valence-corrected chi connectivity index (χ0v) is 14.2. The van der Waals surface area contributed by atoms with Crippen LogP contribution in [0.4, 0.5) is 0 Å². The fourth-order valence-corrected chi connectivity index (χ4v) is 3.14. The molecule has 2 aromatic rings. The first-order chi connectivity index (χ1) is 12.1. The molecular weight excluding hydrogens is 324 g/mol. The Morgan fingerprint density at radius 2 is 2.08 bits per heavy atom. The third kappa shape index (κ3) is 3.93. The van der Waals surface area contributed by atoms with Crippen LogP contribution in [0.15, 0.2) is 24.3 Å². The number of carbonyl (C=O) groups is 2. The van der Waals surface area contributed by atoms with Gasteiger partial charge in [0, 0.05) is 36.2 Å². The van der Waals surface area contributed by atoms with Crippen molar-refractivity contribution in [3.8, 4) is 5.75 Å². The van der Waals surface area contributed by atoms with Gasteiger partial charge in [0.25, 0.3) is 5.91 Å². The number of benzene rings is 1. The van der Waals surface area contributed by atoms with Gasteiger partial charge in [0.2, 0.25) is 0 Å². The molecule has 1 amide bonds. The van der Waals surface area contributed by atoms with E-state index in [0.29, 0.717) is 38.4 Å². The number of aromatic nitrogens is 1. The van der Waals surface area contributed by atoms with Crippen molar-refractivity contribution >= 4 is 22.8 Å². The number of nitrogens with zero attached hydrogens (tertiary/aromatic N) is 1. The maximum Gasteiger partial charge on any atom is 0.323 e. The lowest BCUT2D eigenvalue weighted by Crippen LogP contribution is -2.46. The summed E-state index contributed by atoms with van der Waals surface area (Å²) in [5.41, 5.74) is 1.17. The van der Waals surface area contributed by atoms with Crippen LogP contribution in [0, 0.1) is 0 Å². The second-order valence-electron chi connectivity index (χ2n) is 6.04.